The molecule has 1 aromatic heterocycles. The number of aryl methyl sites for hydroxylation is 1. The molecule has 0 atom stereocenters. The minimum atomic E-state index is -3.68. The number of nitrogens with zero attached hydrogens (tertiary/aromatic N) is 3. The molecule has 0 aliphatic carbocycles. The number of benzene rings is 2. The van der Waals surface area contributed by atoms with Gasteiger partial charge in [-0.15, -0.1) is 0 Å². The van der Waals surface area contributed by atoms with Gasteiger partial charge in [0, 0.05) is 30.6 Å². The van der Waals surface area contributed by atoms with E-state index >= 15 is 0 Å². The van der Waals surface area contributed by atoms with Crippen molar-refractivity contribution in [3.63, 3.8) is 0 Å². The van der Waals surface area contributed by atoms with Gasteiger partial charge in [-0.3, -0.25) is 25.2 Å². The van der Waals surface area contributed by atoms with Crippen molar-refractivity contribution >= 4 is 32.6 Å². The number of nitrogens with one attached hydrogen (secondary N) is 2. The maximum absolute atomic E-state index is 12.9. The number of rotatable bonds is 6. The molecule has 1 aliphatic heterocycles. The van der Waals surface area contributed by atoms with Crippen LogP contribution < -0.4 is 16.4 Å². The Morgan fingerprint density at radius 2 is 1.65 bits per heavy atom. The zero-order valence-electron chi connectivity index (χ0n) is 18.7. The van der Waals surface area contributed by atoms with E-state index in [4.69, 9.17) is 0 Å². The Labute approximate surface area is 196 Å². The van der Waals surface area contributed by atoms with Gasteiger partial charge in [-0.1, -0.05) is 31.2 Å². The van der Waals surface area contributed by atoms with E-state index in [0.717, 1.165) is 12.8 Å². The van der Waals surface area contributed by atoms with Crippen molar-refractivity contribution in [2.45, 2.75) is 37.6 Å². The topological polar surface area (TPSA) is 130 Å². The van der Waals surface area contributed by atoms with Crippen molar-refractivity contribution in [3.05, 3.63) is 70.1 Å². The van der Waals surface area contributed by atoms with E-state index < -0.39 is 21.8 Å². The van der Waals surface area contributed by atoms with Gasteiger partial charge >= 0.3 is 0 Å². The number of hydrogen-bond acceptors (Lipinski definition) is 6. The minimum absolute atomic E-state index is 0.00527. The standard InChI is InChI=1S/C23H25N5O5S/c1-2-12-28-23(31)19-11-4-3-10-18(19)20(26-28)22(30)25-24-21(29)16-8-7-9-17(15-16)34(32,33)27-13-5-6-14-27/h3-4,7-11,15H,2,5-6,12-14H2,1H3,(H,24,29)(H,25,30). The molecule has 0 unspecified atom stereocenters. The second-order valence-corrected chi connectivity index (χ2v) is 9.91. The summed E-state index contributed by atoms with van der Waals surface area (Å²) in [6, 6.07) is 12.3. The molecule has 0 radical (unpaired) electrons. The first-order valence-electron chi connectivity index (χ1n) is 11.0. The van der Waals surface area contributed by atoms with E-state index in [-0.39, 0.29) is 21.7 Å². The number of hydrogen-bond donors (Lipinski definition) is 2. The fraction of sp³-hybridized carbons (Fsp3) is 0.304. The highest BCUT2D eigenvalue weighted by atomic mass is 32.2. The highest BCUT2D eigenvalue weighted by molar-refractivity contribution is 7.89. The average molecular weight is 484 g/mol. The molecule has 1 fully saturated rings. The van der Waals surface area contributed by atoms with Gasteiger partial charge in [0.15, 0.2) is 5.69 Å². The first-order chi connectivity index (χ1) is 16.3. The van der Waals surface area contributed by atoms with Gasteiger partial charge in [0.2, 0.25) is 10.0 Å². The van der Waals surface area contributed by atoms with Gasteiger partial charge in [0.05, 0.1) is 10.3 Å². The molecule has 10 nitrogen and oxygen atoms in total. The summed E-state index contributed by atoms with van der Waals surface area (Å²) in [6.07, 6.45) is 2.26. The zero-order valence-corrected chi connectivity index (χ0v) is 19.5. The van der Waals surface area contributed by atoms with Crippen LogP contribution in [-0.4, -0.2) is 47.4 Å². The molecule has 178 valence electrons. The lowest BCUT2D eigenvalue weighted by Crippen LogP contribution is -2.43. The van der Waals surface area contributed by atoms with Crippen LogP contribution in [0.5, 0.6) is 0 Å². The van der Waals surface area contributed by atoms with E-state index in [2.05, 4.69) is 16.0 Å². The molecule has 2 amide bonds. The van der Waals surface area contributed by atoms with Crippen molar-refractivity contribution in [2.24, 2.45) is 0 Å². The number of aromatic nitrogens is 2. The average Bonchev–Trinajstić information content (AvgIpc) is 3.40. The van der Waals surface area contributed by atoms with Gasteiger partial charge < -0.3 is 0 Å². The highest BCUT2D eigenvalue weighted by Crippen LogP contribution is 2.21. The molecule has 0 saturated carbocycles. The maximum Gasteiger partial charge on any atom is 0.290 e. The van der Waals surface area contributed by atoms with Crippen LogP contribution in [0.2, 0.25) is 0 Å². The summed E-state index contributed by atoms with van der Waals surface area (Å²) < 4.78 is 28.2. The lowest BCUT2D eigenvalue weighted by Gasteiger charge is -2.16. The Hall–Kier alpha value is -3.57. The third-order valence-electron chi connectivity index (χ3n) is 5.61. The van der Waals surface area contributed by atoms with Gasteiger partial charge in [0.25, 0.3) is 17.4 Å². The summed E-state index contributed by atoms with van der Waals surface area (Å²) in [6.45, 7) is 3.14. The molecule has 1 aliphatic rings. The fourth-order valence-electron chi connectivity index (χ4n) is 3.89. The number of sulfonamides is 1. The smallest absolute Gasteiger partial charge is 0.267 e. The van der Waals surface area contributed by atoms with Crippen molar-refractivity contribution in [3.8, 4) is 0 Å². The molecule has 11 heteroatoms. The molecule has 34 heavy (non-hydrogen) atoms. The zero-order chi connectivity index (χ0) is 24.3. The predicted molar refractivity (Wildman–Crippen MR) is 126 cm³/mol. The second kappa shape index (κ2) is 9.74. The van der Waals surface area contributed by atoms with Crippen LogP contribution in [0.4, 0.5) is 0 Å². The maximum atomic E-state index is 12.9. The Morgan fingerprint density at radius 1 is 0.971 bits per heavy atom. The van der Waals surface area contributed by atoms with Crippen LogP contribution in [0.25, 0.3) is 10.8 Å². The third-order valence-corrected chi connectivity index (χ3v) is 7.50. The lowest BCUT2D eigenvalue weighted by molar-refractivity contribution is 0.0843. The van der Waals surface area contributed by atoms with Gasteiger partial charge in [-0.25, -0.2) is 13.1 Å². The van der Waals surface area contributed by atoms with Gasteiger partial charge in [0.1, 0.15) is 0 Å². The molecule has 1 saturated heterocycles. The van der Waals surface area contributed by atoms with E-state index in [1.165, 1.54) is 33.3 Å². The number of hydrazine groups is 1. The fourth-order valence-corrected chi connectivity index (χ4v) is 5.45. The van der Waals surface area contributed by atoms with E-state index in [0.29, 0.717) is 36.8 Å². The predicted octanol–water partition coefficient (Wildman–Crippen LogP) is 1.67. The third kappa shape index (κ3) is 4.57. The van der Waals surface area contributed by atoms with Crippen molar-refractivity contribution in [1.29, 1.82) is 0 Å². The van der Waals surface area contributed by atoms with Crippen molar-refractivity contribution in [2.75, 3.05) is 13.1 Å². The Bertz CT molecular complexity index is 1410. The summed E-state index contributed by atoms with van der Waals surface area (Å²) in [5.41, 5.74) is 4.39. The molecule has 4 rings (SSSR count). The molecule has 0 spiro atoms. The van der Waals surface area contributed by atoms with Gasteiger partial charge in [-0.2, -0.15) is 9.40 Å². The van der Waals surface area contributed by atoms with E-state index in [1.54, 1.807) is 24.3 Å². The largest absolute Gasteiger partial charge is 0.290 e. The monoisotopic (exact) mass is 483 g/mol. The summed E-state index contributed by atoms with van der Waals surface area (Å²) in [4.78, 5) is 38.1. The van der Waals surface area contributed by atoms with Crippen molar-refractivity contribution in [1.82, 2.24) is 24.9 Å². The first-order valence-corrected chi connectivity index (χ1v) is 12.5. The quantitative estimate of drug-likeness (QED) is 0.513. The Balaban J connectivity index is 1.54. The van der Waals surface area contributed by atoms with Crippen LogP contribution in [0.1, 0.15) is 47.0 Å². The Kier molecular flexibility index (Phi) is 6.75. The summed E-state index contributed by atoms with van der Waals surface area (Å²) >= 11 is 0. The lowest BCUT2D eigenvalue weighted by atomic mass is 10.1. The number of amides is 2. The van der Waals surface area contributed by atoms with Crippen LogP contribution in [0.3, 0.4) is 0 Å². The molecular weight excluding hydrogens is 458 g/mol. The SMILES string of the molecule is CCCn1nc(C(=O)NNC(=O)c2cccc(S(=O)(=O)N3CCCC3)c2)c2ccccc2c1=O. The number of carbonyl (C=O) groups is 2. The van der Waals surface area contributed by atoms with Crippen LogP contribution in [0.15, 0.2) is 58.2 Å². The summed E-state index contributed by atoms with van der Waals surface area (Å²) in [5, 5.41) is 4.90. The molecule has 0 bridgehead atoms. The number of carbonyl (C=O) groups excluding carboxylic acids is 2. The molecule has 3 aromatic rings. The minimum Gasteiger partial charge on any atom is -0.267 e. The normalized spacial score (nSPS) is 14.3. The van der Waals surface area contributed by atoms with Gasteiger partial charge in [-0.05, 0) is 43.5 Å². The Morgan fingerprint density at radius 3 is 2.35 bits per heavy atom. The second-order valence-electron chi connectivity index (χ2n) is 7.97. The molecule has 2 aromatic carbocycles. The van der Waals surface area contributed by atoms with Crippen LogP contribution in [-0.2, 0) is 16.6 Å². The molecular formula is C23H25N5O5S. The molecule has 2 heterocycles. The van der Waals surface area contributed by atoms with Crippen LogP contribution >= 0.6 is 0 Å². The first kappa shape index (κ1) is 23.6. The van der Waals surface area contributed by atoms with Crippen molar-refractivity contribution < 1.29 is 18.0 Å². The summed E-state index contributed by atoms with van der Waals surface area (Å²) in [7, 11) is -3.68. The molecule has 2 N–H and O–H groups in total. The van der Waals surface area contributed by atoms with E-state index in [1.807, 2.05) is 6.92 Å². The number of fused-ring (bicyclic) bond motifs is 1. The van der Waals surface area contributed by atoms with E-state index in [9.17, 15) is 22.8 Å². The van der Waals surface area contributed by atoms with Crippen LogP contribution in [0, 0.1) is 0 Å². The summed E-state index contributed by atoms with van der Waals surface area (Å²) in [5.74, 6) is -1.38. The highest BCUT2D eigenvalue weighted by Gasteiger charge is 2.27.